The zero-order chi connectivity index (χ0) is 43.5. The number of carbonyl (C=O) groups excluding carboxylic acids is 6. The third kappa shape index (κ3) is 25.9. The molecule has 1 fully saturated rings. The number of likely N-dealkylation sites (tertiary alicyclic amines) is 1. The lowest BCUT2D eigenvalue weighted by atomic mass is 10.1. The van der Waals surface area contributed by atoms with Gasteiger partial charge >= 0.3 is 0 Å². The third-order valence-corrected chi connectivity index (χ3v) is 11.5. The molecule has 0 radical (unpaired) electrons. The van der Waals surface area contributed by atoms with Gasteiger partial charge in [0, 0.05) is 33.1 Å². The number of likely N-dealkylation sites (N-methyl/N-ethyl adjacent to an activating group) is 1. The summed E-state index contributed by atoms with van der Waals surface area (Å²) in [6.45, 7) is 6.35. The minimum Gasteiger partial charge on any atom is -0.358 e. The summed E-state index contributed by atoms with van der Waals surface area (Å²) >= 11 is 0. The first-order valence-electron chi connectivity index (χ1n) is 23.9. The van der Waals surface area contributed by atoms with E-state index in [1.807, 2.05) is 0 Å². The van der Waals surface area contributed by atoms with E-state index in [-0.39, 0.29) is 55.5 Å². The topological polar surface area (TPSA) is 212 Å². The second kappa shape index (κ2) is 35.5. The van der Waals surface area contributed by atoms with Crippen LogP contribution in [0.4, 0.5) is 0 Å². The van der Waals surface area contributed by atoms with Crippen LogP contribution in [-0.4, -0.2) is 110 Å². The van der Waals surface area contributed by atoms with Gasteiger partial charge < -0.3 is 42.5 Å². The van der Waals surface area contributed by atoms with Crippen molar-refractivity contribution < 1.29 is 40.2 Å². The van der Waals surface area contributed by atoms with Gasteiger partial charge in [-0.25, -0.2) is 0 Å². The Kier molecular flexibility index (Phi) is 32.3. The molecular weight excluding hydrogens is 749 g/mol. The molecule has 1 heterocycles. The fourth-order valence-corrected chi connectivity index (χ4v) is 7.71. The molecule has 6 amide bonds. The zero-order valence-corrected chi connectivity index (χ0v) is 37.8. The largest absolute Gasteiger partial charge is 0.358 e. The summed E-state index contributed by atoms with van der Waals surface area (Å²) in [5, 5.41) is 11.6. The second-order valence-electron chi connectivity index (χ2n) is 16.8. The Morgan fingerprint density at radius 3 is 1.68 bits per heavy atom. The Balaban J connectivity index is 2.76. The van der Waals surface area contributed by atoms with Crippen LogP contribution in [-0.2, 0) is 28.8 Å². The third-order valence-electron chi connectivity index (χ3n) is 11.5. The van der Waals surface area contributed by atoms with Crippen molar-refractivity contribution in [3.8, 4) is 0 Å². The molecule has 0 aliphatic carbocycles. The fraction of sp³-hybridized carbons (Fsp3) is 0.867. The number of hydrogen-bond acceptors (Lipinski definition) is 6. The average molecular weight is 837 g/mol. The summed E-state index contributed by atoms with van der Waals surface area (Å²) in [5.74, 6) is -2.02. The SMILES string of the molecule is CCCCCCCCCCCCNC(=O)CCC(NC(=O)C1CCCN1C(=O)CN(C)C(=O)C(CCCC[NH3+])NC(=O)C[NH3+])C(=O)NCCCCCCCCCCCC. The van der Waals surface area contributed by atoms with Crippen LogP contribution in [0.3, 0.4) is 0 Å². The molecule has 0 aromatic carbocycles. The van der Waals surface area contributed by atoms with Crippen molar-refractivity contribution in [3.63, 3.8) is 0 Å². The molecule has 1 saturated heterocycles. The Labute approximate surface area is 357 Å². The van der Waals surface area contributed by atoms with E-state index in [1.165, 1.54) is 107 Å². The van der Waals surface area contributed by atoms with Gasteiger partial charge in [-0.1, -0.05) is 129 Å². The van der Waals surface area contributed by atoms with E-state index in [1.54, 1.807) is 0 Å². The lowest BCUT2D eigenvalue weighted by Crippen LogP contribution is -2.60. The molecule has 1 rings (SSSR count). The van der Waals surface area contributed by atoms with Crippen molar-refractivity contribution >= 4 is 35.4 Å². The molecule has 0 saturated carbocycles. The first-order chi connectivity index (χ1) is 28.6. The molecule has 0 aromatic heterocycles. The lowest BCUT2D eigenvalue weighted by molar-refractivity contribution is -0.368. The van der Waals surface area contributed by atoms with Crippen LogP contribution in [0.2, 0.25) is 0 Å². The highest BCUT2D eigenvalue weighted by Crippen LogP contribution is 2.19. The lowest BCUT2D eigenvalue weighted by Gasteiger charge is -2.29. The van der Waals surface area contributed by atoms with Gasteiger partial charge in [-0.3, -0.25) is 28.8 Å². The van der Waals surface area contributed by atoms with E-state index in [2.05, 4.69) is 46.6 Å². The minimum atomic E-state index is -0.925. The molecule has 1 aliphatic rings. The molecule has 0 bridgehead atoms. The van der Waals surface area contributed by atoms with Gasteiger partial charge in [0.1, 0.15) is 18.1 Å². The molecule has 14 heteroatoms. The zero-order valence-electron chi connectivity index (χ0n) is 37.8. The summed E-state index contributed by atoms with van der Waals surface area (Å²) in [6.07, 6.45) is 27.2. The normalized spacial score (nSPS) is 14.7. The van der Waals surface area contributed by atoms with Crippen LogP contribution < -0.4 is 32.7 Å². The van der Waals surface area contributed by atoms with Gasteiger partial charge in [-0.05, 0) is 51.4 Å². The van der Waals surface area contributed by atoms with Crippen molar-refractivity contribution in [2.45, 2.75) is 205 Å². The number of rotatable bonds is 37. The molecule has 10 N–H and O–H groups in total. The molecule has 1 aliphatic heterocycles. The highest BCUT2D eigenvalue weighted by molar-refractivity contribution is 5.94. The Morgan fingerprint density at radius 1 is 0.627 bits per heavy atom. The van der Waals surface area contributed by atoms with Gasteiger partial charge in [0.05, 0.1) is 13.1 Å². The maximum Gasteiger partial charge on any atom is 0.275 e. The fourth-order valence-electron chi connectivity index (χ4n) is 7.71. The van der Waals surface area contributed by atoms with Crippen LogP contribution >= 0.6 is 0 Å². The van der Waals surface area contributed by atoms with Crippen LogP contribution in [0.15, 0.2) is 0 Å². The first-order valence-corrected chi connectivity index (χ1v) is 23.9. The van der Waals surface area contributed by atoms with E-state index >= 15 is 0 Å². The van der Waals surface area contributed by atoms with Crippen LogP contribution in [0.25, 0.3) is 0 Å². The number of quaternary nitrogens is 2. The first kappa shape index (κ1) is 53.8. The van der Waals surface area contributed by atoms with Gasteiger partial charge in [-0.15, -0.1) is 0 Å². The van der Waals surface area contributed by atoms with Gasteiger partial charge in [-0.2, -0.15) is 0 Å². The summed E-state index contributed by atoms with van der Waals surface area (Å²) in [7, 11) is 1.52. The number of unbranched alkanes of at least 4 members (excludes halogenated alkanes) is 19. The van der Waals surface area contributed by atoms with Crippen molar-refractivity contribution in [3.05, 3.63) is 0 Å². The van der Waals surface area contributed by atoms with E-state index < -0.39 is 24.0 Å². The second-order valence-corrected chi connectivity index (χ2v) is 16.8. The molecule has 342 valence electrons. The standard InChI is InChI=1S/C45H86N8O6/c1-4-6-8-10-12-14-16-18-20-24-32-48-40(54)30-29-37(43(57)49-33-25-21-19-17-15-13-11-9-7-5-2)51-44(58)39-28-26-34-53(39)42(56)36-52(3)45(59)38(27-22-23-31-46)50-41(55)35-47/h37-39H,4-36,46-47H2,1-3H3,(H,48,54)(H,49,57)(H,50,55)(H,51,58)/p+2. The highest BCUT2D eigenvalue weighted by atomic mass is 16.2. The molecule has 59 heavy (non-hydrogen) atoms. The molecule has 3 atom stereocenters. The molecule has 0 spiro atoms. The van der Waals surface area contributed by atoms with E-state index in [4.69, 9.17) is 0 Å². The van der Waals surface area contributed by atoms with Gasteiger partial charge in [0.25, 0.3) is 5.91 Å². The Bertz CT molecular complexity index is 1170. The van der Waals surface area contributed by atoms with Crippen LogP contribution in [0.5, 0.6) is 0 Å². The monoisotopic (exact) mass is 837 g/mol. The maximum atomic E-state index is 13.8. The molecule has 14 nitrogen and oxygen atoms in total. The number of nitrogens with one attached hydrogen (secondary N) is 4. The van der Waals surface area contributed by atoms with Crippen molar-refractivity contribution in [1.29, 1.82) is 0 Å². The highest BCUT2D eigenvalue weighted by Gasteiger charge is 2.37. The summed E-state index contributed by atoms with van der Waals surface area (Å²) in [6, 6.07) is -2.50. The Hall–Kier alpha value is -3.26. The maximum absolute atomic E-state index is 13.8. The van der Waals surface area contributed by atoms with Crippen molar-refractivity contribution in [2.75, 3.05) is 46.3 Å². The molecular formula is C45H88N8O6+2. The predicted octanol–water partition coefficient (Wildman–Crippen LogP) is 3.91. The number of carbonyl (C=O) groups is 6. The van der Waals surface area contributed by atoms with Crippen LogP contribution in [0, 0.1) is 0 Å². The summed E-state index contributed by atoms with van der Waals surface area (Å²) in [4.78, 5) is 81.9. The minimum absolute atomic E-state index is 0.00523. The van der Waals surface area contributed by atoms with Crippen LogP contribution in [0.1, 0.15) is 187 Å². The molecule has 3 unspecified atom stereocenters. The van der Waals surface area contributed by atoms with Gasteiger partial charge in [0.15, 0.2) is 6.54 Å². The molecule has 0 aromatic rings. The number of nitrogens with zero attached hydrogens (tertiary/aromatic N) is 2. The van der Waals surface area contributed by atoms with E-state index in [9.17, 15) is 28.8 Å². The smallest absolute Gasteiger partial charge is 0.275 e. The van der Waals surface area contributed by atoms with Crippen molar-refractivity contribution in [1.82, 2.24) is 31.1 Å². The van der Waals surface area contributed by atoms with Crippen molar-refractivity contribution in [2.24, 2.45) is 0 Å². The average Bonchev–Trinajstić information content (AvgIpc) is 3.73. The quantitative estimate of drug-likeness (QED) is 0.0511. The van der Waals surface area contributed by atoms with Gasteiger partial charge in [0.2, 0.25) is 29.5 Å². The summed E-state index contributed by atoms with van der Waals surface area (Å²) < 4.78 is 0. The number of amides is 6. The Morgan fingerprint density at radius 2 is 1.15 bits per heavy atom. The summed E-state index contributed by atoms with van der Waals surface area (Å²) in [5.41, 5.74) is 7.44. The predicted molar refractivity (Wildman–Crippen MR) is 235 cm³/mol. The van der Waals surface area contributed by atoms with E-state index in [0.29, 0.717) is 51.9 Å². The van der Waals surface area contributed by atoms with E-state index in [0.717, 1.165) is 44.9 Å². The number of hydrogen-bond donors (Lipinski definition) is 6.